The fourth-order valence-corrected chi connectivity index (χ4v) is 8.77. The van der Waals surface area contributed by atoms with Gasteiger partial charge in [-0.15, -0.1) is 11.8 Å². The first-order valence-corrected chi connectivity index (χ1v) is 15.9. The molecular weight excluding hydrogens is 577 g/mol. The summed E-state index contributed by atoms with van der Waals surface area (Å²) >= 11 is 14.8. The number of rotatable bonds is 3. The maximum atomic E-state index is 6.43. The second kappa shape index (κ2) is 10.2. The molecule has 1 spiro atoms. The first kappa shape index (κ1) is 26.0. The Bertz CT molecular complexity index is 1810. The van der Waals surface area contributed by atoms with Crippen molar-refractivity contribution in [3.8, 4) is 0 Å². The van der Waals surface area contributed by atoms with Crippen molar-refractivity contribution < 1.29 is 0 Å². The third kappa shape index (κ3) is 3.93. The van der Waals surface area contributed by atoms with Crippen LogP contribution in [0, 0.1) is 5.92 Å². The van der Waals surface area contributed by atoms with Crippen LogP contribution in [0.2, 0.25) is 10.0 Å². The molecule has 8 rings (SSSR count). The van der Waals surface area contributed by atoms with Gasteiger partial charge in [0.1, 0.15) is 0 Å². The summed E-state index contributed by atoms with van der Waals surface area (Å²) in [6.45, 7) is 0. The van der Waals surface area contributed by atoms with E-state index in [1.807, 2.05) is 36.0 Å². The monoisotopic (exact) mass is 603 g/mol. The molecule has 0 amide bonds. The van der Waals surface area contributed by atoms with Crippen LogP contribution in [0.1, 0.15) is 33.9 Å². The lowest BCUT2D eigenvalue weighted by atomic mass is 9.70. The molecule has 0 aromatic heterocycles. The third-order valence-corrected chi connectivity index (χ3v) is 10.7. The number of thioether (sulfide) groups is 1. The number of amidine groups is 1. The molecule has 3 atom stereocenters. The van der Waals surface area contributed by atoms with E-state index in [9.17, 15) is 0 Å². The number of anilines is 2. The molecule has 42 heavy (non-hydrogen) atoms. The fourth-order valence-electron chi connectivity index (χ4n) is 7.02. The van der Waals surface area contributed by atoms with E-state index in [2.05, 4.69) is 113 Å². The number of benzene rings is 5. The average Bonchev–Trinajstić information content (AvgIpc) is 3.31. The van der Waals surface area contributed by atoms with Crippen LogP contribution >= 0.6 is 35.0 Å². The van der Waals surface area contributed by atoms with Gasteiger partial charge in [-0.05, 0) is 72.5 Å². The highest BCUT2D eigenvalue weighted by molar-refractivity contribution is 7.99. The molecule has 2 heterocycles. The highest BCUT2D eigenvalue weighted by Crippen LogP contribution is 2.63. The number of para-hydroxylation sites is 1. The van der Waals surface area contributed by atoms with Crippen molar-refractivity contribution in [3.63, 3.8) is 0 Å². The molecule has 1 aliphatic carbocycles. The standard InChI is InChI=1S/C36H27Cl2N3S/c37-27-17-14-25(15-18-27)34-31-23-16-24-8-4-5-11-30(24)36(31)40(32-12-6-7-13-33(32)42-34)35(26-9-2-1-3-10-26)39-41(36)29-21-19-28(38)20-22-29/h1-15,17-22,31,34H,16,23H2. The van der Waals surface area contributed by atoms with Gasteiger partial charge < -0.3 is 0 Å². The maximum absolute atomic E-state index is 6.43. The zero-order chi connectivity index (χ0) is 28.3. The van der Waals surface area contributed by atoms with Crippen molar-refractivity contribution in [1.29, 1.82) is 0 Å². The molecule has 2 aliphatic heterocycles. The number of hydrazone groups is 1. The molecule has 0 N–H and O–H groups in total. The Balaban J connectivity index is 1.49. The summed E-state index contributed by atoms with van der Waals surface area (Å²) in [6, 6.07) is 44.9. The number of hydrogen-bond donors (Lipinski definition) is 0. The van der Waals surface area contributed by atoms with Gasteiger partial charge in [0.05, 0.1) is 11.4 Å². The van der Waals surface area contributed by atoms with Gasteiger partial charge in [-0.1, -0.05) is 102 Å². The predicted molar refractivity (Wildman–Crippen MR) is 176 cm³/mol. The van der Waals surface area contributed by atoms with Gasteiger partial charge in [-0.25, -0.2) is 5.01 Å². The molecule has 0 radical (unpaired) electrons. The largest absolute Gasteiger partial charge is 0.293 e. The molecule has 0 saturated heterocycles. The number of halogens is 2. The van der Waals surface area contributed by atoms with Crippen LogP contribution in [-0.2, 0) is 12.1 Å². The number of fused-ring (bicyclic) bond motifs is 3. The van der Waals surface area contributed by atoms with Crippen LogP contribution in [0.5, 0.6) is 0 Å². The normalized spacial score (nSPS) is 22.4. The summed E-state index contributed by atoms with van der Waals surface area (Å²) in [5, 5.41) is 9.47. The average molecular weight is 605 g/mol. The van der Waals surface area contributed by atoms with Crippen LogP contribution in [0.3, 0.4) is 0 Å². The molecule has 5 aromatic rings. The molecule has 3 aliphatic rings. The lowest BCUT2D eigenvalue weighted by Gasteiger charge is -2.53. The van der Waals surface area contributed by atoms with Gasteiger partial charge in [0, 0.05) is 37.2 Å². The van der Waals surface area contributed by atoms with Gasteiger partial charge in [0.2, 0.25) is 0 Å². The zero-order valence-electron chi connectivity index (χ0n) is 22.7. The van der Waals surface area contributed by atoms with Gasteiger partial charge in [-0.3, -0.25) is 4.90 Å². The van der Waals surface area contributed by atoms with Crippen LogP contribution in [0.4, 0.5) is 11.4 Å². The Labute approximate surface area is 260 Å². The minimum absolute atomic E-state index is 0.155. The molecule has 206 valence electrons. The topological polar surface area (TPSA) is 18.8 Å². The zero-order valence-corrected chi connectivity index (χ0v) is 25.0. The van der Waals surface area contributed by atoms with Crippen LogP contribution < -0.4 is 9.91 Å². The highest BCUT2D eigenvalue weighted by Gasteiger charge is 2.62. The molecule has 5 aromatic carbocycles. The Hall–Kier alpha value is -3.70. The first-order valence-electron chi connectivity index (χ1n) is 14.2. The van der Waals surface area contributed by atoms with E-state index < -0.39 is 5.66 Å². The molecule has 0 fully saturated rings. The summed E-state index contributed by atoms with van der Waals surface area (Å²) in [6.07, 6.45) is 2.01. The number of hydrogen-bond acceptors (Lipinski definition) is 4. The molecule has 0 bridgehead atoms. The molecule has 6 heteroatoms. The van der Waals surface area contributed by atoms with Crippen molar-refractivity contribution in [2.24, 2.45) is 11.0 Å². The summed E-state index contributed by atoms with van der Waals surface area (Å²) in [7, 11) is 0. The van der Waals surface area contributed by atoms with Crippen molar-refractivity contribution in [2.45, 2.75) is 28.6 Å². The van der Waals surface area contributed by atoms with Crippen molar-refractivity contribution in [1.82, 2.24) is 0 Å². The second-order valence-corrected chi connectivity index (χ2v) is 13.1. The van der Waals surface area contributed by atoms with Gasteiger partial charge in [0.15, 0.2) is 11.5 Å². The van der Waals surface area contributed by atoms with E-state index in [4.69, 9.17) is 28.3 Å². The lowest BCUT2D eigenvalue weighted by Crippen LogP contribution is -2.61. The van der Waals surface area contributed by atoms with Gasteiger partial charge in [-0.2, -0.15) is 5.10 Å². The van der Waals surface area contributed by atoms with Crippen LogP contribution in [0.25, 0.3) is 0 Å². The van der Waals surface area contributed by atoms with Crippen LogP contribution in [-0.4, -0.2) is 5.84 Å². The lowest BCUT2D eigenvalue weighted by molar-refractivity contribution is 0.238. The summed E-state index contributed by atoms with van der Waals surface area (Å²) in [5.41, 5.74) is 6.56. The minimum Gasteiger partial charge on any atom is -0.293 e. The third-order valence-electron chi connectivity index (χ3n) is 8.75. The van der Waals surface area contributed by atoms with E-state index in [0.29, 0.717) is 5.02 Å². The Morgan fingerprint density at radius 3 is 2.17 bits per heavy atom. The van der Waals surface area contributed by atoms with Gasteiger partial charge >= 0.3 is 0 Å². The maximum Gasteiger partial charge on any atom is 0.170 e. The molecule has 0 saturated carbocycles. The quantitative estimate of drug-likeness (QED) is 0.204. The van der Waals surface area contributed by atoms with E-state index in [1.165, 1.54) is 27.3 Å². The SMILES string of the molecule is Clc1ccc(C2Sc3ccccc3N3C(c4ccccc4)=NN(c4ccc(Cl)cc4)C34c3ccccc3CCC24)cc1. The summed E-state index contributed by atoms with van der Waals surface area (Å²) in [5.74, 6) is 1.11. The molecular formula is C36H27Cl2N3S. The summed E-state index contributed by atoms with van der Waals surface area (Å²) in [4.78, 5) is 3.78. The van der Waals surface area contributed by atoms with E-state index in [0.717, 1.165) is 35.0 Å². The molecule has 3 unspecified atom stereocenters. The van der Waals surface area contributed by atoms with Gasteiger partial charge in [0.25, 0.3) is 0 Å². The van der Waals surface area contributed by atoms with Crippen molar-refractivity contribution in [2.75, 3.05) is 9.91 Å². The Morgan fingerprint density at radius 1 is 0.714 bits per heavy atom. The second-order valence-electron chi connectivity index (χ2n) is 11.0. The number of aryl methyl sites for hydroxylation is 1. The smallest absolute Gasteiger partial charge is 0.170 e. The van der Waals surface area contributed by atoms with E-state index >= 15 is 0 Å². The highest BCUT2D eigenvalue weighted by atomic mass is 35.5. The number of nitrogens with zero attached hydrogens (tertiary/aromatic N) is 3. The van der Waals surface area contributed by atoms with E-state index in [1.54, 1.807) is 0 Å². The Kier molecular flexibility index (Phi) is 6.33. The predicted octanol–water partition coefficient (Wildman–Crippen LogP) is 9.94. The first-order chi connectivity index (χ1) is 20.6. The Morgan fingerprint density at radius 2 is 1.38 bits per heavy atom. The minimum atomic E-state index is -0.627. The summed E-state index contributed by atoms with van der Waals surface area (Å²) < 4.78 is 0. The fraction of sp³-hybridized carbons (Fsp3) is 0.139. The molecule has 3 nitrogen and oxygen atoms in total. The van der Waals surface area contributed by atoms with E-state index in [-0.39, 0.29) is 11.2 Å². The van der Waals surface area contributed by atoms with Crippen molar-refractivity contribution in [3.05, 3.63) is 160 Å². The van der Waals surface area contributed by atoms with Crippen LogP contribution in [0.15, 0.2) is 137 Å². The van der Waals surface area contributed by atoms with Crippen molar-refractivity contribution >= 4 is 52.2 Å².